The Bertz CT molecular complexity index is 302. The Hall–Kier alpha value is -0.820. The first-order chi connectivity index (χ1) is 5.61. The largest absolute Gasteiger partial charge is 0.385 e. The second-order valence-corrected chi connectivity index (χ2v) is 3.97. The van der Waals surface area contributed by atoms with E-state index in [0.29, 0.717) is 5.92 Å². The number of benzene rings is 1. The van der Waals surface area contributed by atoms with Crippen LogP contribution < -0.4 is 0 Å². The van der Waals surface area contributed by atoms with Gasteiger partial charge in [0.1, 0.15) is 0 Å². The molecule has 0 spiro atoms. The first-order valence-electron chi connectivity index (χ1n) is 4.43. The van der Waals surface area contributed by atoms with Crippen molar-refractivity contribution in [1.82, 2.24) is 0 Å². The summed E-state index contributed by atoms with van der Waals surface area (Å²) in [5.41, 5.74) is 1.82. The third kappa shape index (κ3) is 0.969. The van der Waals surface area contributed by atoms with E-state index in [4.69, 9.17) is 0 Å². The Balaban J connectivity index is 2.58. The van der Waals surface area contributed by atoms with E-state index in [0.717, 1.165) is 12.0 Å². The summed E-state index contributed by atoms with van der Waals surface area (Å²) in [6.07, 6.45) is 0.854. The fourth-order valence-corrected chi connectivity index (χ4v) is 2.23. The molecule has 1 N–H and O–H groups in total. The molecule has 1 aliphatic carbocycles. The molecule has 12 heavy (non-hydrogen) atoms. The number of hydrogen-bond donors (Lipinski definition) is 1. The molecule has 2 rings (SSSR count). The molecule has 0 aliphatic heterocycles. The summed E-state index contributed by atoms with van der Waals surface area (Å²) >= 11 is 0. The molecule has 1 heteroatoms. The van der Waals surface area contributed by atoms with Crippen molar-refractivity contribution in [2.75, 3.05) is 0 Å². The molecule has 2 atom stereocenters. The van der Waals surface area contributed by atoms with Crippen LogP contribution in [0.2, 0.25) is 0 Å². The lowest BCUT2D eigenvalue weighted by Crippen LogP contribution is -2.16. The average molecular weight is 162 g/mol. The van der Waals surface area contributed by atoms with E-state index in [-0.39, 0.29) is 0 Å². The zero-order valence-corrected chi connectivity index (χ0v) is 7.54. The molecule has 0 bridgehead atoms. The van der Waals surface area contributed by atoms with Gasteiger partial charge in [0.25, 0.3) is 0 Å². The molecule has 0 radical (unpaired) electrons. The van der Waals surface area contributed by atoms with Gasteiger partial charge in [0.05, 0.1) is 5.60 Å². The number of rotatable bonds is 0. The van der Waals surface area contributed by atoms with Crippen molar-refractivity contribution in [3.63, 3.8) is 0 Å². The SMILES string of the molecule is C[C@H]1C[C@@](C)(O)c2ccccc21. The van der Waals surface area contributed by atoms with Gasteiger partial charge < -0.3 is 5.11 Å². The van der Waals surface area contributed by atoms with Crippen LogP contribution in [0.3, 0.4) is 0 Å². The van der Waals surface area contributed by atoms with Gasteiger partial charge in [-0.2, -0.15) is 0 Å². The van der Waals surface area contributed by atoms with Gasteiger partial charge in [-0.05, 0) is 30.4 Å². The van der Waals surface area contributed by atoms with Crippen LogP contribution in [0.15, 0.2) is 24.3 Å². The Morgan fingerprint density at radius 3 is 2.75 bits per heavy atom. The highest BCUT2D eigenvalue weighted by Crippen LogP contribution is 2.43. The van der Waals surface area contributed by atoms with Crippen LogP contribution in [-0.2, 0) is 5.60 Å². The molecule has 1 aromatic carbocycles. The third-order valence-electron chi connectivity index (χ3n) is 2.78. The van der Waals surface area contributed by atoms with Crippen LogP contribution in [-0.4, -0.2) is 5.11 Å². The van der Waals surface area contributed by atoms with Gasteiger partial charge in [0.15, 0.2) is 0 Å². The minimum absolute atomic E-state index is 0.496. The van der Waals surface area contributed by atoms with Crippen molar-refractivity contribution >= 4 is 0 Å². The quantitative estimate of drug-likeness (QED) is 0.621. The maximum absolute atomic E-state index is 10.0. The first kappa shape index (κ1) is 7.81. The molecule has 0 saturated heterocycles. The van der Waals surface area contributed by atoms with E-state index in [2.05, 4.69) is 13.0 Å². The molecule has 0 fully saturated rings. The molecule has 0 heterocycles. The predicted octanol–water partition coefficient (Wildman–Crippen LogP) is 2.40. The minimum Gasteiger partial charge on any atom is -0.385 e. The Morgan fingerprint density at radius 2 is 2.08 bits per heavy atom. The van der Waals surface area contributed by atoms with Gasteiger partial charge in [-0.25, -0.2) is 0 Å². The molecule has 64 valence electrons. The maximum atomic E-state index is 10.0. The topological polar surface area (TPSA) is 20.2 Å². The summed E-state index contributed by atoms with van der Waals surface area (Å²) in [6, 6.07) is 8.17. The lowest BCUT2D eigenvalue weighted by Gasteiger charge is -2.17. The summed E-state index contributed by atoms with van der Waals surface area (Å²) in [6.45, 7) is 4.07. The zero-order chi connectivity index (χ0) is 8.77. The molecule has 0 aromatic heterocycles. The Labute approximate surface area is 73.0 Å². The van der Waals surface area contributed by atoms with E-state index in [1.807, 2.05) is 25.1 Å². The maximum Gasteiger partial charge on any atom is 0.0877 e. The molecular formula is C11H14O. The minimum atomic E-state index is -0.601. The monoisotopic (exact) mass is 162 g/mol. The molecular weight excluding hydrogens is 148 g/mol. The van der Waals surface area contributed by atoms with Crippen molar-refractivity contribution in [2.45, 2.75) is 31.8 Å². The van der Waals surface area contributed by atoms with Crippen molar-refractivity contribution in [3.05, 3.63) is 35.4 Å². The van der Waals surface area contributed by atoms with Crippen LogP contribution in [0.4, 0.5) is 0 Å². The van der Waals surface area contributed by atoms with Crippen LogP contribution in [0.1, 0.15) is 37.3 Å². The normalized spacial score (nSPS) is 33.4. The smallest absolute Gasteiger partial charge is 0.0877 e. The number of aliphatic hydroxyl groups is 1. The Morgan fingerprint density at radius 1 is 1.42 bits per heavy atom. The molecule has 1 aromatic rings. The van der Waals surface area contributed by atoms with E-state index < -0.39 is 5.60 Å². The molecule has 0 unspecified atom stereocenters. The van der Waals surface area contributed by atoms with Crippen molar-refractivity contribution in [2.24, 2.45) is 0 Å². The van der Waals surface area contributed by atoms with E-state index in [9.17, 15) is 5.11 Å². The van der Waals surface area contributed by atoms with Crippen molar-refractivity contribution < 1.29 is 5.11 Å². The summed E-state index contributed by atoms with van der Waals surface area (Å²) in [5, 5.41) is 10.0. The van der Waals surface area contributed by atoms with Gasteiger partial charge in [-0.3, -0.25) is 0 Å². The van der Waals surface area contributed by atoms with Crippen LogP contribution in [0.5, 0.6) is 0 Å². The predicted molar refractivity (Wildman–Crippen MR) is 49.0 cm³/mol. The number of hydrogen-bond acceptors (Lipinski definition) is 1. The van der Waals surface area contributed by atoms with Crippen LogP contribution in [0, 0.1) is 0 Å². The van der Waals surface area contributed by atoms with E-state index >= 15 is 0 Å². The summed E-state index contributed by atoms with van der Waals surface area (Å²) < 4.78 is 0. The van der Waals surface area contributed by atoms with E-state index in [1.54, 1.807) is 0 Å². The second kappa shape index (κ2) is 2.33. The summed E-state index contributed by atoms with van der Waals surface area (Å²) in [7, 11) is 0. The van der Waals surface area contributed by atoms with Crippen LogP contribution >= 0.6 is 0 Å². The summed E-state index contributed by atoms with van der Waals surface area (Å²) in [5.74, 6) is 0.496. The molecule has 1 aliphatic rings. The standard InChI is InChI=1S/C11H14O/c1-8-7-11(2,12)10-6-4-3-5-9(8)10/h3-6,8,12H,7H2,1-2H3/t8-,11+/m0/s1. The molecule has 0 amide bonds. The Kier molecular flexibility index (Phi) is 1.52. The lowest BCUT2D eigenvalue weighted by atomic mass is 9.99. The van der Waals surface area contributed by atoms with Gasteiger partial charge in [0, 0.05) is 0 Å². The van der Waals surface area contributed by atoms with E-state index in [1.165, 1.54) is 5.56 Å². The van der Waals surface area contributed by atoms with Gasteiger partial charge in [0.2, 0.25) is 0 Å². The molecule has 0 saturated carbocycles. The lowest BCUT2D eigenvalue weighted by molar-refractivity contribution is 0.0552. The van der Waals surface area contributed by atoms with Gasteiger partial charge in [-0.15, -0.1) is 0 Å². The fourth-order valence-electron chi connectivity index (χ4n) is 2.23. The zero-order valence-electron chi connectivity index (χ0n) is 7.54. The van der Waals surface area contributed by atoms with Gasteiger partial charge in [-0.1, -0.05) is 31.2 Å². The highest BCUT2D eigenvalue weighted by atomic mass is 16.3. The van der Waals surface area contributed by atoms with Crippen molar-refractivity contribution in [1.29, 1.82) is 0 Å². The average Bonchev–Trinajstić information content (AvgIpc) is 2.25. The first-order valence-corrected chi connectivity index (χ1v) is 4.43. The highest BCUT2D eigenvalue weighted by molar-refractivity contribution is 5.39. The molecule has 1 nitrogen and oxygen atoms in total. The third-order valence-corrected chi connectivity index (χ3v) is 2.78. The van der Waals surface area contributed by atoms with Crippen molar-refractivity contribution in [3.8, 4) is 0 Å². The van der Waals surface area contributed by atoms with Gasteiger partial charge >= 0.3 is 0 Å². The second-order valence-electron chi connectivity index (χ2n) is 3.97. The van der Waals surface area contributed by atoms with Crippen LogP contribution in [0.25, 0.3) is 0 Å². The number of fused-ring (bicyclic) bond motifs is 1. The highest BCUT2D eigenvalue weighted by Gasteiger charge is 2.35. The summed E-state index contributed by atoms with van der Waals surface area (Å²) in [4.78, 5) is 0. The fraction of sp³-hybridized carbons (Fsp3) is 0.455.